The van der Waals surface area contributed by atoms with E-state index >= 15 is 0 Å². The summed E-state index contributed by atoms with van der Waals surface area (Å²) in [6.45, 7) is 3.78. The average molecular weight is 504 g/mol. The van der Waals surface area contributed by atoms with E-state index in [1.165, 1.54) is 6.92 Å². The molecule has 1 rings (SSSR count). The maximum Gasteiger partial charge on any atom is 0.317 e. The molecule has 0 aromatic rings. The van der Waals surface area contributed by atoms with Gasteiger partial charge in [0.25, 0.3) is 0 Å². The molecule has 14 nitrogen and oxygen atoms in total. The third kappa shape index (κ3) is 15.8. The zero-order valence-electron chi connectivity index (χ0n) is 20.2. The summed E-state index contributed by atoms with van der Waals surface area (Å²) in [6, 6.07) is 0. The van der Waals surface area contributed by atoms with E-state index < -0.39 is 17.9 Å². The molecule has 35 heavy (non-hydrogen) atoms. The molecular weight excluding hydrogens is 466 g/mol. The first-order chi connectivity index (χ1) is 16.5. The van der Waals surface area contributed by atoms with Gasteiger partial charge in [0.15, 0.2) is 5.78 Å². The van der Waals surface area contributed by atoms with Crippen LogP contribution in [0.15, 0.2) is 0 Å². The largest absolute Gasteiger partial charge is 0.480 e. The number of amides is 1. The first kappa shape index (κ1) is 30.4. The SMILES string of the molecule is CC(=O)COCCNC(=O)CN1CCN(CC(=O)O)CCN(CC(=O)O)CCN(CC(=O)O)CC1. The number of carboxylic acids is 3. The minimum atomic E-state index is -1.02. The number of carbonyl (C=O) groups is 5. The van der Waals surface area contributed by atoms with Gasteiger partial charge in [-0.3, -0.25) is 43.6 Å². The van der Waals surface area contributed by atoms with Crippen molar-refractivity contribution in [3.8, 4) is 0 Å². The van der Waals surface area contributed by atoms with Crippen LogP contribution in [0.25, 0.3) is 0 Å². The molecule has 200 valence electrons. The predicted molar refractivity (Wildman–Crippen MR) is 123 cm³/mol. The fourth-order valence-electron chi connectivity index (χ4n) is 3.52. The Balaban J connectivity index is 2.81. The quantitative estimate of drug-likeness (QED) is 0.189. The standard InChI is InChI=1S/C21H37N5O9/c1-17(27)16-35-11-2-22-18(28)12-23-3-5-24(13-19(29)30)7-9-26(15-21(33)34)10-8-25(6-4-23)14-20(31)32/h2-16H2,1H3,(H,22,28)(H,29,30)(H,31,32)(H,33,34). The zero-order chi connectivity index (χ0) is 26.2. The number of carbonyl (C=O) groups excluding carboxylic acids is 2. The summed E-state index contributed by atoms with van der Waals surface area (Å²) in [4.78, 5) is 64.0. The summed E-state index contributed by atoms with van der Waals surface area (Å²) in [6.07, 6.45) is 0. The van der Waals surface area contributed by atoms with Crippen molar-refractivity contribution in [2.45, 2.75) is 6.92 Å². The Morgan fingerprint density at radius 1 is 0.657 bits per heavy atom. The van der Waals surface area contributed by atoms with Crippen molar-refractivity contribution in [1.29, 1.82) is 0 Å². The Hall–Kier alpha value is -2.65. The summed E-state index contributed by atoms with van der Waals surface area (Å²) >= 11 is 0. The van der Waals surface area contributed by atoms with Gasteiger partial charge in [-0.2, -0.15) is 0 Å². The van der Waals surface area contributed by atoms with E-state index in [1.807, 2.05) is 4.90 Å². The Kier molecular flexibility index (Phi) is 14.7. The Morgan fingerprint density at radius 2 is 1.00 bits per heavy atom. The highest BCUT2D eigenvalue weighted by atomic mass is 16.5. The lowest BCUT2D eigenvalue weighted by Crippen LogP contribution is -2.50. The molecule has 1 fully saturated rings. The van der Waals surface area contributed by atoms with E-state index in [1.54, 1.807) is 14.7 Å². The number of aliphatic carboxylic acids is 3. The number of rotatable bonds is 13. The molecule has 0 aromatic carbocycles. The number of nitrogens with zero attached hydrogens (tertiary/aromatic N) is 4. The van der Waals surface area contributed by atoms with Crippen LogP contribution in [-0.2, 0) is 28.7 Å². The molecule has 1 aliphatic heterocycles. The van der Waals surface area contributed by atoms with E-state index in [0.29, 0.717) is 52.4 Å². The molecule has 0 saturated carbocycles. The van der Waals surface area contributed by atoms with Crippen molar-refractivity contribution >= 4 is 29.6 Å². The van der Waals surface area contributed by atoms with Gasteiger partial charge in [0.05, 0.1) is 32.8 Å². The van der Waals surface area contributed by atoms with Gasteiger partial charge in [0.2, 0.25) is 5.91 Å². The molecule has 4 N–H and O–H groups in total. The second-order valence-corrected chi connectivity index (χ2v) is 8.39. The minimum absolute atomic E-state index is 0.0231. The third-order valence-corrected chi connectivity index (χ3v) is 5.25. The van der Waals surface area contributed by atoms with Gasteiger partial charge >= 0.3 is 17.9 Å². The van der Waals surface area contributed by atoms with Crippen LogP contribution in [0.2, 0.25) is 0 Å². The molecule has 0 unspecified atom stereocenters. The number of hydrogen-bond acceptors (Lipinski definition) is 10. The van der Waals surface area contributed by atoms with Gasteiger partial charge in [-0.25, -0.2) is 0 Å². The highest BCUT2D eigenvalue weighted by Crippen LogP contribution is 2.01. The van der Waals surface area contributed by atoms with Crippen molar-refractivity contribution in [3.63, 3.8) is 0 Å². The van der Waals surface area contributed by atoms with Crippen molar-refractivity contribution in [1.82, 2.24) is 24.9 Å². The molecule has 1 saturated heterocycles. The minimum Gasteiger partial charge on any atom is -0.480 e. The molecule has 0 spiro atoms. The van der Waals surface area contributed by atoms with Crippen molar-refractivity contribution in [3.05, 3.63) is 0 Å². The molecule has 14 heteroatoms. The second kappa shape index (κ2) is 16.9. The Morgan fingerprint density at radius 3 is 1.31 bits per heavy atom. The molecule has 1 amide bonds. The molecule has 1 aliphatic rings. The van der Waals surface area contributed by atoms with Crippen molar-refractivity contribution < 1.29 is 44.0 Å². The van der Waals surface area contributed by atoms with Crippen molar-refractivity contribution in [2.24, 2.45) is 0 Å². The van der Waals surface area contributed by atoms with Crippen LogP contribution < -0.4 is 5.32 Å². The number of carboxylic acid groups (broad SMARTS) is 3. The van der Waals surface area contributed by atoms with Gasteiger partial charge < -0.3 is 25.4 Å². The van der Waals surface area contributed by atoms with Gasteiger partial charge in [-0.1, -0.05) is 0 Å². The zero-order valence-corrected chi connectivity index (χ0v) is 20.2. The summed E-state index contributed by atoms with van der Waals surface area (Å²) < 4.78 is 5.12. The van der Waals surface area contributed by atoms with Crippen LogP contribution in [0.3, 0.4) is 0 Å². The number of hydrogen-bond donors (Lipinski definition) is 4. The summed E-state index contributed by atoms with van der Waals surface area (Å²) in [5.74, 6) is -3.42. The lowest BCUT2D eigenvalue weighted by atomic mass is 10.3. The molecule has 1 heterocycles. The highest BCUT2D eigenvalue weighted by molar-refractivity contribution is 5.78. The Labute approximate surface area is 204 Å². The topological polar surface area (TPSA) is 180 Å². The number of Topliss-reactive ketones (excluding diaryl/α,β-unsaturated/α-hetero) is 1. The van der Waals surface area contributed by atoms with Gasteiger partial charge in [0.1, 0.15) is 6.61 Å². The van der Waals surface area contributed by atoms with Crippen LogP contribution in [0.1, 0.15) is 6.92 Å². The van der Waals surface area contributed by atoms with Crippen LogP contribution >= 0.6 is 0 Å². The monoisotopic (exact) mass is 503 g/mol. The van der Waals surface area contributed by atoms with Crippen LogP contribution in [0.5, 0.6) is 0 Å². The van der Waals surface area contributed by atoms with Crippen LogP contribution in [-0.4, -0.2) is 163 Å². The summed E-state index contributed by atoms with van der Waals surface area (Å²) in [5.41, 5.74) is 0. The molecular formula is C21H37N5O9. The molecule has 0 bridgehead atoms. The van der Waals surface area contributed by atoms with E-state index in [-0.39, 0.29) is 57.6 Å². The maximum absolute atomic E-state index is 12.4. The van der Waals surface area contributed by atoms with Crippen molar-refractivity contribution in [2.75, 3.05) is 98.3 Å². The van der Waals surface area contributed by atoms with Crippen LogP contribution in [0.4, 0.5) is 0 Å². The van der Waals surface area contributed by atoms with Crippen LogP contribution in [0, 0.1) is 0 Å². The maximum atomic E-state index is 12.4. The fraction of sp³-hybridized carbons (Fsp3) is 0.762. The van der Waals surface area contributed by atoms with Gasteiger partial charge in [-0.05, 0) is 6.92 Å². The van der Waals surface area contributed by atoms with E-state index in [9.17, 15) is 39.3 Å². The fourth-order valence-corrected chi connectivity index (χ4v) is 3.52. The molecule has 0 aromatic heterocycles. The Bertz CT molecular complexity index is 689. The molecule has 0 radical (unpaired) electrons. The smallest absolute Gasteiger partial charge is 0.317 e. The predicted octanol–water partition coefficient (Wildman–Crippen LogP) is -2.82. The lowest BCUT2D eigenvalue weighted by molar-refractivity contribution is -0.140. The lowest BCUT2D eigenvalue weighted by Gasteiger charge is -2.32. The van der Waals surface area contributed by atoms with E-state index in [0.717, 1.165) is 0 Å². The number of ketones is 1. The number of nitrogens with one attached hydrogen (secondary N) is 1. The summed E-state index contributed by atoms with van der Waals surface area (Å²) in [7, 11) is 0. The number of ether oxygens (including phenoxy) is 1. The van der Waals surface area contributed by atoms with Gasteiger partial charge in [-0.15, -0.1) is 0 Å². The van der Waals surface area contributed by atoms with E-state index in [4.69, 9.17) is 4.74 Å². The first-order valence-electron chi connectivity index (χ1n) is 11.4. The van der Waals surface area contributed by atoms with E-state index in [2.05, 4.69) is 5.32 Å². The van der Waals surface area contributed by atoms with Gasteiger partial charge in [0, 0.05) is 58.9 Å². The average Bonchev–Trinajstić information content (AvgIpc) is 2.74. The highest BCUT2D eigenvalue weighted by Gasteiger charge is 2.21. The molecule has 0 atom stereocenters. The normalized spacial score (nSPS) is 17.7. The molecule has 0 aliphatic carbocycles. The first-order valence-corrected chi connectivity index (χ1v) is 11.4. The second-order valence-electron chi connectivity index (χ2n) is 8.39. The third-order valence-electron chi connectivity index (χ3n) is 5.25. The summed E-state index contributed by atoms with van der Waals surface area (Å²) in [5, 5.41) is 30.4.